The maximum absolute atomic E-state index is 11.6. The number of benzene rings is 1. The molecular formula is C12H14BrN3O3. The van der Waals surface area contributed by atoms with Gasteiger partial charge in [0.15, 0.2) is 0 Å². The van der Waals surface area contributed by atoms with Crippen LogP contribution in [0.2, 0.25) is 0 Å². The van der Waals surface area contributed by atoms with Crippen molar-refractivity contribution in [1.82, 2.24) is 5.32 Å². The molecule has 1 aromatic carbocycles. The predicted molar refractivity (Wildman–Crippen MR) is 74.3 cm³/mol. The third kappa shape index (κ3) is 2.71. The number of anilines is 1. The quantitative estimate of drug-likeness (QED) is 0.747. The molecule has 2 rings (SSSR count). The van der Waals surface area contributed by atoms with Gasteiger partial charge in [-0.3, -0.25) is 4.79 Å². The second-order valence-corrected chi connectivity index (χ2v) is 5.10. The topological polar surface area (TPSA) is 95.7 Å². The van der Waals surface area contributed by atoms with E-state index < -0.39 is 17.9 Å². The molecule has 0 aromatic heterocycles. The van der Waals surface area contributed by atoms with Crippen molar-refractivity contribution in [2.75, 3.05) is 24.5 Å². The summed E-state index contributed by atoms with van der Waals surface area (Å²) in [6.07, 6.45) is 0. The molecule has 1 heterocycles. The summed E-state index contributed by atoms with van der Waals surface area (Å²) in [5, 5.41) is 12.3. The molecule has 1 fully saturated rings. The predicted octanol–water partition coefficient (Wildman–Crippen LogP) is 0.411. The summed E-state index contributed by atoms with van der Waals surface area (Å²) in [5.74, 6) is -1.51. The average molecular weight is 328 g/mol. The Morgan fingerprint density at radius 2 is 2.21 bits per heavy atom. The first-order chi connectivity index (χ1) is 9.02. The number of nitrogens with zero attached hydrogens (tertiary/aromatic N) is 1. The Morgan fingerprint density at radius 1 is 1.47 bits per heavy atom. The molecule has 102 valence electrons. The van der Waals surface area contributed by atoms with E-state index in [0.717, 1.165) is 0 Å². The van der Waals surface area contributed by atoms with Gasteiger partial charge in [0.25, 0.3) is 5.91 Å². The van der Waals surface area contributed by atoms with Crippen LogP contribution in [0, 0.1) is 0 Å². The Hall–Kier alpha value is -1.60. The van der Waals surface area contributed by atoms with Gasteiger partial charge < -0.3 is 21.1 Å². The summed E-state index contributed by atoms with van der Waals surface area (Å²) in [5.41, 5.74) is 6.25. The van der Waals surface area contributed by atoms with E-state index in [1.165, 1.54) is 0 Å². The molecule has 0 saturated carbocycles. The number of aliphatic carboxylic acids is 1. The summed E-state index contributed by atoms with van der Waals surface area (Å²) >= 11 is 3.28. The first kappa shape index (κ1) is 13.8. The van der Waals surface area contributed by atoms with Crippen molar-refractivity contribution in [3.63, 3.8) is 0 Å². The maximum Gasteiger partial charge on any atom is 0.327 e. The summed E-state index contributed by atoms with van der Waals surface area (Å²) in [6, 6.07) is 4.47. The zero-order valence-electron chi connectivity index (χ0n) is 10.1. The second kappa shape index (κ2) is 5.58. The summed E-state index contributed by atoms with van der Waals surface area (Å²) < 4.78 is 0.570. The minimum Gasteiger partial charge on any atom is -0.480 e. The van der Waals surface area contributed by atoms with Gasteiger partial charge >= 0.3 is 5.97 Å². The average Bonchev–Trinajstić information content (AvgIpc) is 2.37. The summed E-state index contributed by atoms with van der Waals surface area (Å²) in [6.45, 7) is 1.50. The van der Waals surface area contributed by atoms with Gasteiger partial charge in [0.1, 0.15) is 6.04 Å². The van der Waals surface area contributed by atoms with E-state index in [2.05, 4.69) is 21.2 Å². The second-order valence-electron chi connectivity index (χ2n) is 4.25. The lowest BCUT2D eigenvalue weighted by atomic mass is 10.1. The van der Waals surface area contributed by atoms with Crippen molar-refractivity contribution in [3.8, 4) is 0 Å². The fourth-order valence-corrected chi connectivity index (χ4v) is 2.76. The highest BCUT2D eigenvalue weighted by Crippen LogP contribution is 2.29. The van der Waals surface area contributed by atoms with Gasteiger partial charge in [-0.15, -0.1) is 0 Å². The lowest BCUT2D eigenvalue weighted by Gasteiger charge is -2.36. The number of primary amides is 1. The Morgan fingerprint density at radius 3 is 2.84 bits per heavy atom. The number of rotatable bonds is 3. The number of amides is 1. The third-order valence-electron chi connectivity index (χ3n) is 3.08. The lowest BCUT2D eigenvalue weighted by molar-refractivity contribution is -0.138. The molecule has 6 nitrogen and oxygen atoms in total. The minimum atomic E-state index is -0.928. The Bertz CT molecular complexity index is 521. The molecular weight excluding hydrogens is 314 g/mol. The Balaban J connectivity index is 2.47. The molecule has 4 N–H and O–H groups in total. The van der Waals surface area contributed by atoms with E-state index in [4.69, 9.17) is 5.73 Å². The number of piperazine rings is 1. The number of nitrogens with one attached hydrogen (secondary N) is 1. The van der Waals surface area contributed by atoms with Gasteiger partial charge in [0.05, 0.1) is 11.3 Å². The number of hydrogen-bond donors (Lipinski definition) is 3. The molecule has 1 unspecified atom stereocenters. The van der Waals surface area contributed by atoms with Crippen molar-refractivity contribution in [2.45, 2.75) is 6.04 Å². The number of carbonyl (C=O) groups excluding carboxylic acids is 1. The highest BCUT2D eigenvalue weighted by molar-refractivity contribution is 9.10. The normalized spacial score (nSPS) is 19.2. The summed E-state index contributed by atoms with van der Waals surface area (Å²) in [4.78, 5) is 24.6. The van der Waals surface area contributed by atoms with Gasteiger partial charge in [-0.05, 0) is 28.1 Å². The number of hydrogen-bond acceptors (Lipinski definition) is 4. The molecule has 7 heteroatoms. The number of carboxylic acid groups (broad SMARTS) is 1. The lowest BCUT2D eigenvalue weighted by Crippen LogP contribution is -2.55. The van der Waals surface area contributed by atoms with Crippen LogP contribution in [-0.4, -0.2) is 42.7 Å². The maximum atomic E-state index is 11.6. The zero-order valence-corrected chi connectivity index (χ0v) is 11.7. The number of halogens is 1. The van der Waals surface area contributed by atoms with E-state index in [1.807, 2.05) is 0 Å². The van der Waals surface area contributed by atoms with Crippen LogP contribution in [0.15, 0.2) is 22.7 Å². The van der Waals surface area contributed by atoms with E-state index in [-0.39, 0.29) is 0 Å². The number of carbonyl (C=O) groups is 2. The van der Waals surface area contributed by atoms with Crippen molar-refractivity contribution in [1.29, 1.82) is 0 Å². The van der Waals surface area contributed by atoms with Crippen LogP contribution in [-0.2, 0) is 4.79 Å². The number of nitrogens with two attached hydrogens (primary N) is 1. The van der Waals surface area contributed by atoms with E-state index in [0.29, 0.717) is 35.4 Å². The molecule has 19 heavy (non-hydrogen) atoms. The van der Waals surface area contributed by atoms with Gasteiger partial charge in [0, 0.05) is 24.1 Å². The minimum absolute atomic E-state index is 0.315. The van der Waals surface area contributed by atoms with Crippen LogP contribution in [0.25, 0.3) is 0 Å². The van der Waals surface area contributed by atoms with Crippen LogP contribution in [0.1, 0.15) is 10.4 Å². The molecule has 1 amide bonds. The Labute approximate surface area is 118 Å². The van der Waals surface area contributed by atoms with Gasteiger partial charge in [-0.25, -0.2) is 4.79 Å². The van der Waals surface area contributed by atoms with Crippen LogP contribution in [0.5, 0.6) is 0 Å². The molecule has 1 atom stereocenters. The zero-order chi connectivity index (χ0) is 14.0. The molecule has 0 spiro atoms. The van der Waals surface area contributed by atoms with Crippen molar-refractivity contribution >= 4 is 33.5 Å². The monoisotopic (exact) mass is 327 g/mol. The van der Waals surface area contributed by atoms with Crippen LogP contribution < -0.4 is 16.0 Å². The van der Waals surface area contributed by atoms with Crippen molar-refractivity contribution in [2.24, 2.45) is 5.73 Å². The van der Waals surface area contributed by atoms with Crippen LogP contribution in [0.4, 0.5) is 5.69 Å². The van der Waals surface area contributed by atoms with Gasteiger partial charge in [-0.1, -0.05) is 6.07 Å². The van der Waals surface area contributed by atoms with E-state index >= 15 is 0 Å². The molecule has 1 aromatic rings. The fraction of sp³-hybridized carbons (Fsp3) is 0.333. The van der Waals surface area contributed by atoms with Crippen molar-refractivity contribution < 1.29 is 14.7 Å². The Kier molecular flexibility index (Phi) is 4.06. The van der Waals surface area contributed by atoms with Gasteiger partial charge in [-0.2, -0.15) is 0 Å². The SMILES string of the molecule is NC(=O)c1c(Br)cccc1N1CCNCC1C(=O)O. The molecule has 1 aliphatic rings. The first-order valence-corrected chi connectivity index (χ1v) is 6.60. The van der Waals surface area contributed by atoms with E-state index in [1.54, 1.807) is 23.1 Å². The molecule has 1 saturated heterocycles. The summed E-state index contributed by atoms with van der Waals surface area (Å²) in [7, 11) is 0. The number of carboxylic acids is 1. The fourth-order valence-electron chi connectivity index (χ4n) is 2.21. The smallest absolute Gasteiger partial charge is 0.327 e. The first-order valence-electron chi connectivity index (χ1n) is 5.81. The third-order valence-corrected chi connectivity index (χ3v) is 3.74. The highest BCUT2D eigenvalue weighted by Gasteiger charge is 2.31. The molecule has 0 radical (unpaired) electrons. The molecule has 0 aliphatic carbocycles. The molecule has 1 aliphatic heterocycles. The molecule has 0 bridgehead atoms. The van der Waals surface area contributed by atoms with E-state index in [9.17, 15) is 14.7 Å². The van der Waals surface area contributed by atoms with Crippen LogP contribution >= 0.6 is 15.9 Å². The standard InChI is InChI=1S/C12H14BrN3O3/c13-7-2-1-3-8(10(7)11(14)17)16-5-4-15-6-9(16)12(18)19/h1-3,9,15H,4-6H2,(H2,14,17)(H,18,19). The highest BCUT2D eigenvalue weighted by atomic mass is 79.9. The van der Waals surface area contributed by atoms with Crippen LogP contribution in [0.3, 0.4) is 0 Å². The van der Waals surface area contributed by atoms with Gasteiger partial charge in [0.2, 0.25) is 0 Å². The van der Waals surface area contributed by atoms with Crippen molar-refractivity contribution in [3.05, 3.63) is 28.2 Å². The largest absolute Gasteiger partial charge is 0.480 e.